The second kappa shape index (κ2) is 6.45. The third kappa shape index (κ3) is 2.48. The van der Waals surface area contributed by atoms with Crippen LogP contribution >= 0.6 is 0 Å². The molecule has 0 saturated heterocycles. The number of benzene rings is 2. The molecule has 0 saturated carbocycles. The number of aromatic hydroxyl groups is 1. The van der Waals surface area contributed by atoms with Gasteiger partial charge in [-0.3, -0.25) is 4.79 Å². The summed E-state index contributed by atoms with van der Waals surface area (Å²) in [5, 5.41) is 10.8. The number of rotatable bonds is 3. The average Bonchev–Trinajstić information content (AvgIpc) is 3.16. The minimum absolute atomic E-state index is 0.0815. The van der Waals surface area contributed by atoms with Gasteiger partial charge in [0.15, 0.2) is 17.3 Å². The summed E-state index contributed by atoms with van der Waals surface area (Å²) in [6.45, 7) is 5.90. The maximum Gasteiger partial charge on any atom is 0.204 e. The monoisotopic (exact) mass is 408 g/mol. The zero-order valence-corrected chi connectivity index (χ0v) is 16.8. The average molecular weight is 408 g/mol. The molecule has 0 bridgehead atoms. The molecule has 7 heteroatoms. The van der Waals surface area contributed by atoms with Gasteiger partial charge < -0.3 is 28.5 Å². The largest absolute Gasteiger partial charge is 0.507 e. The molecule has 2 aliphatic heterocycles. The molecule has 0 spiro atoms. The van der Waals surface area contributed by atoms with E-state index in [-0.39, 0.29) is 29.3 Å². The maximum atomic E-state index is 13.5. The van der Waals surface area contributed by atoms with E-state index in [1.165, 1.54) is 20.3 Å². The van der Waals surface area contributed by atoms with E-state index in [0.29, 0.717) is 51.9 Å². The van der Waals surface area contributed by atoms with Crippen molar-refractivity contribution in [3.8, 4) is 39.9 Å². The topological polar surface area (TPSA) is 87.4 Å². The van der Waals surface area contributed by atoms with E-state index < -0.39 is 0 Å². The first-order chi connectivity index (χ1) is 14.4. The fourth-order valence-corrected chi connectivity index (χ4v) is 4.07. The lowest BCUT2D eigenvalue weighted by atomic mass is 9.96. The number of phenolic OH excluding ortho intramolecular Hbond substituents is 1. The van der Waals surface area contributed by atoms with Crippen molar-refractivity contribution in [3.05, 3.63) is 51.9 Å². The minimum atomic E-state index is -0.331. The Morgan fingerprint density at radius 1 is 1.17 bits per heavy atom. The van der Waals surface area contributed by atoms with Gasteiger partial charge in [-0.15, -0.1) is 0 Å². The molecule has 5 rings (SSSR count). The Morgan fingerprint density at radius 2 is 1.90 bits per heavy atom. The Morgan fingerprint density at radius 3 is 2.60 bits per heavy atom. The van der Waals surface area contributed by atoms with E-state index in [1.807, 2.05) is 6.92 Å². The van der Waals surface area contributed by atoms with Crippen molar-refractivity contribution in [2.24, 2.45) is 0 Å². The highest BCUT2D eigenvalue weighted by Crippen LogP contribution is 2.46. The van der Waals surface area contributed by atoms with Crippen LogP contribution in [0.15, 0.2) is 39.6 Å². The fourth-order valence-electron chi connectivity index (χ4n) is 4.07. The lowest BCUT2D eigenvalue weighted by Gasteiger charge is -2.22. The van der Waals surface area contributed by atoms with Crippen LogP contribution in [0, 0.1) is 0 Å². The Kier molecular flexibility index (Phi) is 3.96. The second-order valence-electron chi connectivity index (χ2n) is 7.45. The highest BCUT2D eigenvalue weighted by molar-refractivity contribution is 5.93. The molecule has 3 heterocycles. The van der Waals surface area contributed by atoms with Gasteiger partial charge in [0.05, 0.1) is 19.8 Å². The van der Waals surface area contributed by atoms with Gasteiger partial charge >= 0.3 is 0 Å². The van der Waals surface area contributed by atoms with Crippen molar-refractivity contribution < 1.29 is 28.5 Å². The van der Waals surface area contributed by atoms with Gasteiger partial charge in [-0.05, 0) is 18.6 Å². The number of methoxy groups -OCH3 is 2. The lowest BCUT2D eigenvalue weighted by Crippen LogP contribution is -2.16. The van der Waals surface area contributed by atoms with Gasteiger partial charge in [0.25, 0.3) is 0 Å². The molecule has 2 aromatic carbocycles. The van der Waals surface area contributed by atoms with Crippen molar-refractivity contribution in [1.82, 2.24) is 0 Å². The van der Waals surface area contributed by atoms with Crippen molar-refractivity contribution in [1.29, 1.82) is 0 Å². The van der Waals surface area contributed by atoms with Gasteiger partial charge in [0.2, 0.25) is 5.43 Å². The summed E-state index contributed by atoms with van der Waals surface area (Å²) in [6, 6.07) is 4.83. The molecular weight excluding hydrogens is 388 g/mol. The summed E-state index contributed by atoms with van der Waals surface area (Å²) in [5.41, 5.74) is 2.47. The van der Waals surface area contributed by atoms with Crippen LogP contribution in [0.25, 0.3) is 22.1 Å². The Balaban J connectivity index is 1.79. The molecule has 0 fully saturated rings. The number of ether oxygens (including phenoxy) is 4. The fraction of sp³-hybridized carbons (Fsp3) is 0.261. The van der Waals surface area contributed by atoms with Crippen LogP contribution in [-0.4, -0.2) is 25.4 Å². The van der Waals surface area contributed by atoms with E-state index >= 15 is 0 Å². The predicted molar refractivity (Wildman–Crippen MR) is 110 cm³/mol. The molecule has 3 aromatic rings. The molecule has 7 nitrogen and oxygen atoms in total. The Labute approximate surface area is 172 Å². The molecule has 1 atom stereocenters. The van der Waals surface area contributed by atoms with Crippen molar-refractivity contribution in [2.45, 2.75) is 26.1 Å². The van der Waals surface area contributed by atoms with Crippen LogP contribution in [0.1, 0.15) is 18.2 Å². The molecule has 0 amide bonds. The lowest BCUT2D eigenvalue weighted by molar-refractivity contribution is 0.264. The van der Waals surface area contributed by atoms with Crippen LogP contribution in [-0.2, 0) is 13.0 Å². The smallest absolute Gasteiger partial charge is 0.204 e. The molecule has 0 unspecified atom stereocenters. The maximum absolute atomic E-state index is 13.5. The molecule has 154 valence electrons. The van der Waals surface area contributed by atoms with Crippen molar-refractivity contribution in [3.63, 3.8) is 0 Å². The van der Waals surface area contributed by atoms with Crippen LogP contribution in [0.3, 0.4) is 0 Å². The standard InChI is InChI=1S/C23H20O7/c1-10(2)14-6-12-16(29-14)7-13(24)21-22(25)20-11-5-17(26-3)18(27-4)8-15(11)28-9-19(20)30-23(12)21/h5,7-8,14,24H,1,6,9H2,2-4H3/t14-/m1/s1. The summed E-state index contributed by atoms with van der Waals surface area (Å²) in [4.78, 5) is 13.5. The minimum Gasteiger partial charge on any atom is -0.507 e. The SMILES string of the molecule is C=C(C)[C@H]1Cc2c(cc(O)c3c(=O)c4c(oc23)COc2cc(OC)c(OC)cc2-4)O1. The molecule has 0 aliphatic carbocycles. The third-order valence-electron chi connectivity index (χ3n) is 5.60. The summed E-state index contributed by atoms with van der Waals surface area (Å²) in [6.07, 6.45) is 0.297. The Bertz CT molecular complexity index is 1290. The summed E-state index contributed by atoms with van der Waals surface area (Å²) in [5.74, 6) is 2.14. The van der Waals surface area contributed by atoms with Gasteiger partial charge in [-0.2, -0.15) is 0 Å². The zero-order chi connectivity index (χ0) is 21.2. The van der Waals surface area contributed by atoms with Crippen LogP contribution in [0.4, 0.5) is 0 Å². The van der Waals surface area contributed by atoms with E-state index in [4.69, 9.17) is 23.4 Å². The highest BCUT2D eigenvalue weighted by Gasteiger charge is 2.32. The van der Waals surface area contributed by atoms with Crippen LogP contribution in [0.2, 0.25) is 0 Å². The molecule has 1 N–H and O–H groups in total. The first-order valence-electron chi connectivity index (χ1n) is 9.48. The van der Waals surface area contributed by atoms with Gasteiger partial charge in [-0.1, -0.05) is 6.58 Å². The van der Waals surface area contributed by atoms with Gasteiger partial charge in [0.1, 0.15) is 40.9 Å². The van der Waals surface area contributed by atoms with Crippen molar-refractivity contribution >= 4 is 11.0 Å². The molecular formula is C23H20O7. The second-order valence-corrected chi connectivity index (χ2v) is 7.45. The van der Waals surface area contributed by atoms with Gasteiger partial charge in [-0.25, -0.2) is 0 Å². The van der Waals surface area contributed by atoms with E-state index in [0.717, 1.165) is 11.1 Å². The van der Waals surface area contributed by atoms with E-state index in [9.17, 15) is 9.90 Å². The quantitative estimate of drug-likeness (QED) is 0.657. The van der Waals surface area contributed by atoms with Crippen molar-refractivity contribution in [2.75, 3.05) is 14.2 Å². The number of hydrogen-bond donors (Lipinski definition) is 1. The summed E-state index contributed by atoms with van der Waals surface area (Å²) in [7, 11) is 3.05. The number of fused-ring (bicyclic) bond motifs is 6. The summed E-state index contributed by atoms with van der Waals surface area (Å²) >= 11 is 0. The van der Waals surface area contributed by atoms with Crippen LogP contribution in [0.5, 0.6) is 28.7 Å². The van der Waals surface area contributed by atoms with E-state index in [1.54, 1.807) is 12.1 Å². The molecule has 30 heavy (non-hydrogen) atoms. The third-order valence-corrected chi connectivity index (χ3v) is 5.60. The number of hydrogen-bond acceptors (Lipinski definition) is 7. The molecule has 1 aromatic heterocycles. The van der Waals surface area contributed by atoms with Gasteiger partial charge in [0, 0.05) is 29.7 Å². The predicted octanol–water partition coefficient (Wildman–Crippen LogP) is 3.95. The number of phenols is 1. The highest BCUT2D eigenvalue weighted by atomic mass is 16.5. The first-order valence-corrected chi connectivity index (χ1v) is 9.48. The first kappa shape index (κ1) is 18.4. The van der Waals surface area contributed by atoms with Crippen LogP contribution < -0.4 is 24.4 Å². The van der Waals surface area contributed by atoms with E-state index in [2.05, 4.69) is 6.58 Å². The molecule has 0 radical (unpaired) electrons. The summed E-state index contributed by atoms with van der Waals surface area (Å²) < 4.78 is 28.5. The zero-order valence-electron chi connectivity index (χ0n) is 16.8. The molecule has 2 aliphatic rings. The Hall–Kier alpha value is -3.61. The normalized spacial score (nSPS) is 16.2.